The van der Waals surface area contributed by atoms with E-state index in [9.17, 15) is 0 Å². The average molecular weight is 280 g/mol. The van der Waals surface area contributed by atoms with E-state index in [0.29, 0.717) is 0 Å². The molecule has 1 aromatic heterocycles. The van der Waals surface area contributed by atoms with Crippen molar-refractivity contribution in [3.05, 3.63) is 20.8 Å². The average Bonchev–Trinajstić information content (AvgIpc) is 2.51. The normalized spacial score (nSPS) is 10.6. The topological polar surface area (TPSA) is 12.0 Å². The van der Waals surface area contributed by atoms with Gasteiger partial charge in [0.05, 0.1) is 3.79 Å². The summed E-state index contributed by atoms with van der Waals surface area (Å²) in [6, 6.07) is 4.30. The zero-order chi connectivity index (χ0) is 9.52. The quantitative estimate of drug-likeness (QED) is 0.804. The Bertz CT molecular complexity index is 237. The third-order valence-corrected chi connectivity index (χ3v) is 3.96. The molecule has 0 amide bonds. The zero-order valence-electron chi connectivity index (χ0n) is 7.68. The van der Waals surface area contributed by atoms with Crippen LogP contribution in [0.3, 0.4) is 0 Å². The van der Waals surface area contributed by atoms with Crippen LogP contribution in [0.5, 0.6) is 0 Å². The minimum Gasteiger partial charge on any atom is -0.316 e. The van der Waals surface area contributed by atoms with Crippen LogP contribution in [0.25, 0.3) is 0 Å². The highest BCUT2D eigenvalue weighted by Gasteiger charge is 1.96. The first-order valence-electron chi connectivity index (χ1n) is 4.27. The second kappa shape index (κ2) is 6.87. The predicted molar refractivity (Wildman–Crippen MR) is 67.0 cm³/mol. The molecule has 4 heteroatoms. The maximum atomic E-state index is 3.46. The Kier molecular flexibility index (Phi) is 6.11. The van der Waals surface area contributed by atoms with Gasteiger partial charge in [-0.25, -0.2) is 0 Å². The molecule has 0 radical (unpaired) electrons. The molecule has 1 nitrogen and oxygen atoms in total. The Morgan fingerprint density at radius 1 is 1.46 bits per heavy atom. The van der Waals surface area contributed by atoms with Crippen molar-refractivity contribution in [3.63, 3.8) is 0 Å². The van der Waals surface area contributed by atoms with E-state index in [4.69, 9.17) is 0 Å². The van der Waals surface area contributed by atoms with Crippen LogP contribution < -0.4 is 5.32 Å². The summed E-state index contributed by atoms with van der Waals surface area (Å²) in [6.07, 6.45) is 3.28. The second-order valence-corrected chi connectivity index (χ2v) is 6.23. The van der Waals surface area contributed by atoms with Crippen LogP contribution in [0.4, 0.5) is 0 Å². The Labute approximate surface area is 96.4 Å². The van der Waals surface area contributed by atoms with Gasteiger partial charge in [-0.1, -0.05) is 0 Å². The van der Waals surface area contributed by atoms with Crippen LogP contribution in [0.15, 0.2) is 15.9 Å². The molecule has 1 aromatic rings. The van der Waals surface area contributed by atoms with Gasteiger partial charge in [0.15, 0.2) is 0 Å². The molecule has 0 fully saturated rings. The van der Waals surface area contributed by atoms with Gasteiger partial charge >= 0.3 is 0 Å². The summed E-state index contributed by atoms with van der Waals surface area (Å²) in [5.74, 6) is 1.20. The molecule has 1 heterocycles. The van der Waals surface area contributed by atoms with E-state index in [1.165, 1.54) is 14.4 Å². The fourth-order valence-corrected chi connectivity index (χ4v) is 2.83. The Hall–Kier alpha value is 0.490. The van der Waals surface area contributed by atoms with E-state index in [2.05, 4.69) is 39.6 Å². The molecule has 0 saturated carbocycles. The van der Waals surface area contributed by atoms with Crippen molar-refractivity contribution < 1.29 is 0 Å². The summed E-state index contributed by atoms with van der Waals surface area (Å²) in [5, 5.41) is 3.41. The van der Waals surface area contributed by atoms with Crippen LogP contribution in [0.2, 0.25) is 0 Å². The Morgan fingerprint density at radius 2 is 2.31 bits per heavy atom. The molecule has 0 saturated heterocycles. The first-order valence-corrected chi connectivity index (χ1v) is 7.27. The molecule has 0 aliphatic rings. The number of halogens is 1. The van der Waals surface area contributed by atoms with Crippen molar-refractivity contribution in [1.29, 1.82) is 0 Å². The van der Waals surface area contributed by atoms with Gasteiger partial charge < -0.3 is 5.32 Å². The maximum Gasteiger partial charge on any atom is 0.0701 e. The number of hydrogen-bond donors (Lipinski definition) is 1. The summed E-state index contributed by atoms with van der Waals surface area (Å²) in [4.78, 5) is 1.45. The maximum absolute atomic E-state index is 3.46. The van der Waals surface area contributed by atoms with Gasteiger partial charge in [-0.2, -0.15) is 11.8 Å². The van der Waals surface area contributed by atoms with Gasteiger partial charge in [0, 0.05) is 17.2 Å². The summed E-state index contributed by atoms with van der Waals surface area (Å²) in [7, 11) is 0. The number of thiophene rings is 1. The van der Waals surface area contributed by atoms with E-state index in [1.54, 1.807) is 0 Å². The predicted octanol–water partition coefficient (Wildman–Crippen LogP) is 3.01. The van der Waals surface area contributed by atoms with Crippen molar-refractivity contribution in [2.45, 2.75) is 6.42 Å². The lowest BCUT2D eigenvalue weighted by molar-refractivity contribution is 0.726. The first kappa shape index (κ1) is 11.6. The zero-order valence-corrected chi connectivity index (χ0v) is 10.9. The summed E-state index contributed by atoms with van der Waals surface area (Å²) in [6.45, 7) is 2.21. The lowest BCUT2D eigenvalue weighted by Gasteiger charge is -2.00. The first-order chi connectivity index (χ1) is 6.33. The van der Waals surface area contributed by atoms with Crippen molar-refractivity contribution in [2.24, 2.45) is 0 Å². The molecule has 74 valence electrons. The highest BCUT2D eigenvalue weighted by atomic mass is 79.9. The van der Waals surface area contributed by atoms with Gasteiger partial charge in [0.1, 0.15) is 0 Å². The minimum absolute atomic E-state index is 1.09. The number of rotatable bonds is 6. The minimum atomic E-state index is 1.09. The molecule has 0 unspecified atom stereocenters. The van der Waals surface area contributed by atoms with Crippen LogP contribution in [0, 0.1) is 0 Å². The third kappa shape index (κ3) is 5.05. The molecule has 1 N–H and O–H groups in total. The van der Waals surface area contributed by atoms with Gasteiger partial charge in [0.2, 0.25) is 0 Å². The smallest absolute Gasteiger partial charge is 0.0701 e. The van der Waals surface area contributed by atoms with E-state index >= 15 is 0 Å². The highest BCUT2D eigenvalue weighted by molar-refractivity contribution is 9.11. The van der Waals surface area contributed by atoms with Gasteiger partial charge in [0.25, 0.3) is 0 Å². The molecular formula is C9H14BrNS2. The van der Waals surface area contributed by atoms with Crippen LogP contribution in [-0.4, -0.2) is 25.1 Å². The number of thioether (sulfide) groups is 1. The number of nitrogens with one attached hydrogen (secondary N) is 1. The van der Waals surface area contributed by atoms with Crippen molar-refractivity contribution >= 4 is 39.0 Å². The molecule has 0 aliphatic heterocycles. The lowest BCUT2D eigenvalue weighted by atomic mass is 10.3. The Balaban J connectivity index is 2.06. The van der Waals surface area contributed by atoms with Crippen LogP contribution in [-0.2, 0) is 6.42 Å². The van der Waals surface area contributed by atoms with Gasteiger partial charge in [-0.05, 0) is 47.3 Å². The second-order valence-electron chi connectivity index (χ2n) is 2.70. The summed E-state index contributed by atoms with van der Waals surface area (Å²) < 4.78 is 1.23. The molecule has 1 rings (SSSR count). The SMILES string of the molecule is CSCCNCCc1ccc(Br)s1. The van der Waals surface area contributed by atoms with Crippen LogP contribution >= 0.6 is 39.0 Å². The van der Waals surface area contributed by atoms with Crippen molar-refractivity contribution in [2.75, 3.05) is 25.1 Å². The fraction of sp³-hybridized carbons (Fsp3) is 0.556. The van der Waals surface area contributed by atoms with E-state index in [-0.39, 0.29) is 0 Å². The summed E-state index contributed by atoms with van der Waals surface area (Å²) >= 11 is 7.17. The van der Waals surface area contributed by atoms with Gasteiger partial charge in [-0.15, -0.1) is 11.3 Å². The van der Waals surface area contributed by atoms with Crippen molar-refractivity contribution in [1.82, 2.24) is 5.32 Å². The van der Waals surface area contributed by atoms with Crippen molar-refractivity contribution in [3.8, 4) is 0 Å². The fourth-order valence-electron chi connectivity index (χ4n) is 0.997. The molecule has 0 aliphatic carbocycles. The number of hydrogen-bond acceptors (Lipinski definition) is 3. The molecule has 0 spiro atoms. The molecular weight excluding hydrogens is 266 g/mol. The standard InChI is InChI=1S/C9H14BrNS2/c1-12-7-6-11-5-4-8-2-3-9(10)13-8/h2-3,11H,4-7H2,1H3. The molecule has 0 atom stereocenters. The van der Waals surface area contributed by atoms with E-state index in [1.807, 2.05) is 23.1 Å². The molecule has 0 bridgehead atoms. The monoisotopic (exact) mass is 279 g/mol. The van der Waals surface area contributed by atoms with Gasteiger partial charge in [-0.3, -0.25) is 0 Å². The third-order valence-electron chi connectivity index (χ3n) is 1.66. The van der Waals surface area contributed by atoms with E-state index in [0.717, 1.165) is 19.5 Å². The highest BCUT2D eigenvalue weighted by Crippen LogP contribution is 2.21. The molecule has 0 aromatic carbocycles. The molecule has 13 heavy (non-hydrogen) atoms. The van der Waals surface area contributed by atoms with Crippen LogP contribution in [0.1, 0.15) is 4.88 Å². The summed E-state index contributed by atoms with van der Waals surface area (Å²) in [5.41, 5.74) is 0. The largest absolute Gasteiger partial charge is 0.316 e. The van der Waals surface area contributed by atoms with E-state index < -0.39 is 0 Å². The lowest BCUT2D eigenvalue weighted by Crippen LogP contribution is -2.19. The Morgan fingerprint density at radius 3 is 2.92 bits per heavy atom.